The molecule has 2 aliphatic rings. The Balaban J connectivity index is 1.62. The number of amides is 1. The molecular formula is C20H19ClN2O4S2. The first-order chi connectivity index (χ1) is 13.8. The summed E-state index contributed by atoms with van der Waals surface area (Å²) in [5, 5.41) is 1.02. The van der Waals surface area contributed by atoms with Gasteiger partial charge in [-0.15, -0.1) is 0 Å². The van der Waals surface area contributed by atoms with E-state index in [1.54, 1.807) is 31.4 Å². The van der Waals surface area contributed by atoms with Crippen LogP contribution in [-0.2, 0) is 21.1 Å². The molecule has 152 valence electrons. The number of nitrogens with zero attached hydrogens (tertiary/aromatic N) is 2. The van der Waals surface area contributed by atoms with Crippen molar-refractivity contribution in [1.82, 2.24) is 0 Å². The fraction of sp³-hybridized carbons (Fsp3) is 0.300. The van der Waals surface area contributed by atoms with Crippen molar-refractivity contribution in [2.75, 3.05) is 23.5 Å². The summed E-state index contributed by atoms with van der Waals surface area (Å²) < 4.78 is 29.5. The molecule has 29 heavy (non-hydrogen) atoms. The van der Waals surface area contributed by atoms with Gasteiger partial charge in [0.2, 0.25) is 0 Å². The summed E-state index contributed by atoms with van der Waals surface area (Å²) >= 11 is 7.25. The number of carbonyl (C=O) groups excluding carboxylic acids is 1. The Kier molecular flexibility index (Phi) is 5.59. The molecule has 0 aliphatic carbocycles. The molecule has 2 fully saturated rings. The van der Waals surface area contributed by atoms with Gasteiger partial charge in [0, 0.05) is 16.0 Å². The Morgan fingerprint density at radius 3 is 2.52 bits per heavy atom. The number of aliphatic imine (C=N–C) groups is 1. The van der Waals surface area contributed by atoms with E-state index < -0.39 is 9.84 Å². The number of anilines is 1. The maximum Gasteiger partial charge on any atom is 0.252 e. The average molecular weight is 451 g/mol. The van der Waals surface area contributed by atoms with E-state index in [2.05, 4.69) is 4.99 Å². The van der Waals surface area contributed by atoms with Gasteiger partial charge in [-0.3, -0.25) is 4.79 Å². The van der Waals surface area contributed by atoms with Gasteiger partial charge in [0.15, 0.2) is 15.0 Å². The van der Waals surface area contributed by atoms with Gasteiger partial charge in [-0.25, -0.2) is 8.42 Å². The van der Waals surface area contributed by atoms with Gasteiger partial charge in [0.25, 0.3) is 5.91 Å². The Morgan fingerprint density at radius 1 is 1.17 bits per heavy atom. The first kappa shape index (κ1) is 20.3. The molecular weight excluding hydrogens is 432 g/mol. The van der Waals surface area contributed by atoms with Gasteiger partial charge in [-0.05, 0) is 42.0 Å². The molecule has 2 aromatic carbocycles. The second-order valence-corrected chi connectivity index (χ2v) is 10.8. The highest BCUT2D eigenvalue weighted by Gasteiger charge is 2.49. The molecule has 0 N–H and O–H groups in total. The Bertz CT molecular complexity index is 1050. The molecule has 0 spiro atoms. The molecule has 4 rings (SSSR count). The van der Waals surface area contributed by atoms with Crippen LogP contribution in [0.2, 0.25) is 5.02 Å². The van der Waals surface area contributed by atoms with Crippen molar-refractivity contribution in [2.24, 2.45) is 4.99 Å². The number of fused-ring (bicyclic) bond motifs is 1. The predicted molar refractivity (Wildman–Crippen MR) is 117 cm³/mol. The van der Waals surface area contributed by atoms with E-state index in [0.29, 0.717) is 15.9 Å². The SMILES string of the molecule is COc1ccc(N2C(=NC(=O)Cc3ccc(Cl)cc3)S[C@H]3CS(=O)(=O)C[C@@H]32)cc1. The predicted octanol–water partition coefficient (Wildman–Crippen LogP) is 3.19. The maximum atomic E-state index is 12.6. The van der Waals surface area contributed by atoms with Gasteiger partial charge in [0.1, 0.15) is 5.75 Å². The summed E-state index contributed by atoms with van der Waals surface area (Å²) in [6.07, 6.45) is 0.158. The number of sulfone groups is 1. The third-order valence-electron chi connectivity index (χ3n) is 4.91. The Morgan fingerprint density at radius 2 is 1.86 bits per heavy atom. The van der Waals surface area contributed by atoms with Crippen LogP contribution in [0.1, 0.15) is 5.56 Å². The van der Waals surface area contributed by atoms with Crippen molar-refractivity contribution in [3.63, 3.8) is 0 Å². The van der Waals surface area contributed by atoms with Crippen molar-refractivity contribution >= 4 is 50.0 Å². The number of thioether (sulfide) groups is 1. The molecule has 2 atom stereocenters. The zero-order valence-corrected chi connectivity index (χ0v) is 18.0. The molecule has 0 saturated carbocycles. The highest BCUT2D eigenvalue weighted by atomic mass is 35.5. The molecule has 0 aromatic heterocycles. The number of hydrogen-bond donors (Lipinski definition) is 0. The maximum absolute atomic E-state index is 12.6. The molecule has 2 saturated heterocycles. The molecule has 2 aliphatic heterocycles. The lowest BCUT2D eigenvalue weighted by molar-refractivity contribution is -0.117. The largest absolute Gasteiger partial charge is 0.497 e. The third kappa shape index (κ3) is 4.44. The lowest BCUT2D eigenvalue weighted by atomic mass is 10.1. The third-order valence-corrected chi connectivity index (χ3v) is 8.37. The zero-order valence-electron chi connectivity index (χ0n) is 15.6. The Hall–Kier alpha value is -2.03. The zero-order chi connectivity index (χ0) is 20.6. The van der Waals surface area contributed by atoms with E-state index in [1.165, 1.54) is 11.8 Å². The van der Waals surface area contributed by atoms with Gasteiger partial charge in [-0.1, -0.05) is 35.5 Å². The minimum absolute atomic E-state index is 0.0566. The van der Waals surface area contributed by atoms with Crippen molar-refractivity contribution in [3.05, 3.63) is 59.1 Å². The number of ether oxygens (including phenoxy) is 1. The molecule has 2 aromatic rings. The molecule has 9 heteroatoms. The number of hydrogen-bond acceptors (Lipinski definition) is 5. The lowest BCUT2D eigenvalue weighted by Gasteiger charge is -2.24. The van der Waals surface area contributed by atoms with Crippen LogP contribution in [0.25, 0.3) is 0 Å². The second kappa shape index (κ2) is 8.01. The summed E-state index contributed by atoms with van der Waals surface area (Å²) in [5.74, 6) is 0.574. The highest BCUT2D eigenvalue weighted by Crippen LogP contribution is 2.41. The molecule has 0 unspecified atom stereocenters. The van der Waals surface area contributed by atoms with Gasteiger partial charge >= 0.3 is 0 Å². The van der Waals surface area contributed by atoms with E-state index in [-0.39, 0.29) is 35.1 Å². The van der Waals surface area contributed by atoms with Crippen LogP contribution in [0.15, 0.2) is 53.5 Å². The minimum atomic E-state index is -3.10. The second-order valence-electron chi connectivity index (χ2n) is 6.96. The smallest absolute Gasteiger partial charge is 0.252 e. The standard InChI is InChI=1S/C20H19ClN2O4S2/c1-27-16-8-6-15(7-9-16)23-17-11-29(25,26)12-18(17)28-20(23)22-19(24)10-13-2-4-14(21)5-3-13/h2-9,17-18H,10-12H2,1H3/t17-,18-/m0/s1. The van der Waals surface area contributed by atoms with E-state index in [9.17, 15) is 13.2 Å². The molecule has 1 amide bonds. The van der Waals surface area contributed by atoms with Crippen LogP contribution in [0.5, 0.6) is 5.75 Å². The monoisotopic (exact) mass is 450 g/mol. The summed E-state index contributed by atoms with van der Waals surface area (Å²) in [4.78, 5) is 18.8. The number of halogens is 1. The highest BCUT2D eigenvalue weighted by molar-refractivity contribution is 8.16. The fourth-order valence-electron chi connectivity index (χ4n) is 3.53. The minimum Gasteiger partial charge on any atom is -0.497 e. The molecule has 6 nitrogen and oxygen atoms in total. The number of amidine groups is 1. The van der Waals surface area contributed by atoms with Crippen LogP contribution in [0, 0.1) is 0 Å². The number of carbonyl (C=O) groups is 1. The number of rotatable bonds is 4. The van der Waals surface area contributed by atoms with E-state index in [1.807, 2.05) is 29.2 Å². The quantitative estimate of drug-likeness (QED) is 0.712. The number of methoxy groups -OCH3 is 1. The van der Waals surface area contributed by atoms with Gasteiger partial charge < -0.3 is 9.64 Å². The average Bonchev–Trinajstić information content (AvgIpc) is 3.14. The van der Waals surface area contributed by atoms with Gasteiger partial charge in [0.05, 0.1) is 31.1 Å². The summed E-state index contributed by atoms with van der Waals surface area (Å²) in [6.45, 7) is 0. The van der Waals surface area contributed by atoms with Crippen LogP contribution < -0.4 is 9.64 Å². The van der Waals surface area contributed by atoms with Crippen LogP contribution in [0.4, 0.5) is 5.69 Å². The number of benzene rings is 2. The first-order valence-corrected chi connectivity index (χ1v) is 12.1. The van der Waals surface area contributed by atoms with Crippen LogP contribution in [-0.4, -0.2) is 49.4 Å². The summed E-state index contributed by atoms with van der Waals surface area (Å²) in [6, 6.07) is 14.2. The van der Waals surface area contributed by atoms with E-state index in [0.717, 1.165) is 11.3 Å². The van der Waals surface area contributed by atoms with Crippen LogP contribution in [0.3, 0.4) is 0 Å². The molecule has 0 bridgehead atoms. The van der Waals surface area contributed by atoms with Crippen LogP contribution >= 0.6 is 23.4 Å². The normalized spacial score (nSPS) is 23.9. The lowest BCUT2D eigenvalue weighted by Crippen LogP contribution is -2.37. The molecule has 2 heterocycles. The molecule has 0 radical (unpaired) electrons. The Labute approximate surface area is 178 Å². The van der Waals surface area contributed by atoms with Crippen molar-refractivity contribution in [3.8, 4) is 5.75 Å². The topological polar surface area (TPSA) is 76.0 Å². The van der Waals surface area contributed by atoms with Crippen molar-refractivity contribution in [1.29, 1.82) is 0 Å². The van der Waals surface area contributed by atoms with Gasteiger partial charge in [-0.2, -0.15) is 4.99 Å². The first-order valence-electron chi connectivity index (χ1n) is 9.01. The van der Waals surface area contributed by atoms with E-state index >= 15 is 0 Å². The summed E-state index contributed by atoms with van der Waals surface area (Å²) in [7, 11) is -1.52. The van der Waals surface area contributed by atoms with Crippen molar-refractivity contribution < 1.29 is 17.9 Å². The van der Waals surface area contributed by atoms with Crippen molar-refractivity contribution in [2.45, 2.75) is 17.7 Å². The van der Waals surface area contributed by atoms with E-state index in [4.69, 9.17) is 16.3 Å². The summed E-state index contributed by atoms with van der Waals surface area (Å²) in [5.41, 5.74) is 1.62. The fourth-order valence-corrected chi connectivity index (χ4v) is 7.59.